The van der Waals surface area contributed by atoms with E-state index in [1.165, 1.54) is 0 Å². The quantitative estimate of drug-likeness (QED) is 0.522. The molecule has 0 saturated carbocycles. The van der Waals surface area contributed by atoms with Gasteiger partial charge in [0.15, 0.2) is 0 Å². The second-order valence-electron chi connectivity index (χ2n) is 5.32. The topological polar surface area (TPSA) is 90.0 Å². The molecule has 1 rings (SSSR count). The molecule has 0 spiro atoms. The van der Waals surface area contributed by atoms with Crippen LogP contribution in [-0.4, -0.2) is 66.7 Å². The van der Waals surface area contributed by atoms with E-state index in [4.69, 9.17) is 8.37 Å². The van der Waals surface area contributed by atoms with E-state index in [0.717, 1.165) is 18.1 Å². The number of hydrogen-bond donors (Lipinski definition) is 0. The average Bonchev–Trinajstić information content (AvgIpc) is 2.44. The van der Waals surface area contributed by atoms with Crippen LogP contribution in [0.5, 0.6) is 0 Å². The molecule has 0 amide bonds. The molecule has 1 atom stereocenters. The molecule has 0 saturated heterocycles. The lowest BCUT2D eigenvalue weighted by molar-refractivity contribution is 0.102. The first-order valence-corrected chi connectivity index (χ1v) is 10.8. The van der Waals surface area contributed by atoms with Crippen molar-refractivity contribution in [1.29, 1.82) is 0 Å². The van der Waals surface area contributed by atoms with Crippen molar-refractivity contribution in [1.82, 2.24) is 4.90 Å². The Balaban J connectivity index is 2.75. The van der Waals surface area contributed by atoms with Crippen LogP contribution in [0.2, 0.25) is 0 Å². The fourth-order valence-corrected chi connectivity index (χ4v) is 3.02. The Morgan fingerprint density at radius 3 is 2.21 bits per heavy atom. The molecule has 0 bridgehead atoms. The molecular weight excluding hydrogens is 361 g/mol. The third-order valence-electron chi connectivity index (χ3n) is 2.90. The summed E-state index contributed by atoms with van der Waals surface area (Å²) in [6.07, 6.45) is 0.622. The summed E-state index contributed by atoms with van der Waals surface area (Å²) >= 11 is 0. The summed E-state index contributed by atoms with van der Waals surface area (Å²) in [5.74, 6) is 0. The second kappa shape index (κ2) is 9.42. The summed E-state index contributed by atoms with van der Waals surface area (Å²) < 4.78 is 66.9. The molecule has 1 aromatic carbocycles. The van der Waals surface area contributed by atoms with E-state index in [9.17, 15) is 21.2 Å². The van der Waals surface area contributed by atoms with Crippen LogP contribution in [-0.2, 0) is 35.1 Å². The molecule has 7 nitrogen and oxygen atoms in total. The fraction of sp³-hybridized carbons (Fsp3) is 0.571. The van der Waals surface area contributed by atoms with Crippen molar-refractivity contribution in [3.63, 3.8) is 0 Å². The molecule has 24 heavy (non-hydrogen) atoms. The van der Waals surface area contributed by atoms with Crippen molar-refractivity contribution in [3.8, 4) is 0 Å². The molecule has 0 heterocycles. The van der Waals surface area contributed by atoms with Crippen LogP contribution in [0.1, 0.15) is 5.56 Å². The summed E-state index contributed by atoms with van der Waals surface area (Å²) in [6.45, 7) is -0.580. The van der Waals surface area contributed by atoms with E-state index in [-0.39, 0.29) is 19.7 Å². The SMILES string of the molecule is CS(=O)(=O)OCCN(Cc1ccccc1)CC(CF)OS(C)(=O)=O. The summed E-state index contributed by atoms with van der Waals surface area (Å²) in [7, 11) is -7.37. The number of rotatable bonds is 11. The molecule has 10 heteroatoms. The van der Waals surface area contributed by atoms with Crippen LogP contribution < -0.4 is 0 Å². The van der Waals surface area contributed by atoms with E-state index in [1.54, 1.807) is 4.90 Å². The van der Waals surface area contributed by atoms with Gasteiger partial charge in [-0.05, 0) is 5.56 Å². The van der Waals surface area contributed by atoms with Gasteiger partial charge in [-0.1, -0.05) is 30.3 Å². The summed E-state index contributed by atoms with van der Waals surface area (Å²) in [4.78, 5) is 1.68. The Bertz CT molecular complexity index is 693. The van der Waals surface area contributed by atoms with E-state index in [2.05, 4.69) is 0 Å². The monoisotopic (exact) mass is 383 g/mol. The van der Waals surface area contributed by atoms with Crippen molar-refractivity contribution in [2.45, 2.75) is 12.6 Å². The van der Waals surface area contributed by atoms with Gasteiger partial charge in [0.25, 0.3) is 20.2 Å². The minimum Gasteiger partial charge on any atom is -0.294 e. The Morgan fingerprint density at radius 2 is 1.71 bits per heavy atom. The van der Waals surface area contributed by atoms with Crippen LogP contribution in [0.25, 0.3) is 0 Å². The van der Waals surface area contributed by atoms with Crippen molar-refractivity contribution >= 4 is 20.2 Å². The number of benzene rings is 1. The normalized spacial score (nSPS) is 14.0. The first kappa shape index (κ1) is 21.0. The zero-order valence-electron chi connectivity index (χ0n) is 13.6. The minimum atomic E-state index is -3.79. The highest BCUT2D eigenvalue weighted by atomic mass is 32.2. The predicted molar refractivity (Wildman–Crippen MR) is 88.2 cm³/mol. The predicted octanol–water partition coefficient (Wildman–Crippen LogP) is 0.779. The van der Waals surface area contributed by atoms with Crippen molar-refractivity contribution < 1.29 is 29.6 Å². The van der Waals surface area contributed by atoms with Gasteiger partial charge in [0.2, 0.25) is 0 Å². The summed E-state index contributed by atoms with van der Waals surface area (Å²) in [5.41, 5.74) is 0.911. The van der Waals surface area contributed by atoms with Gasteiger partial charge in [0.1, 0.15) is 12.8 Å². The highest BCUT2D eigenvalue weighted by Gasteiger charge is 2.20. The summed E-state index contributed by atoms with van der Waals surface area (Å²) in [5, 5.41) is 0. The molecule has 0 fully saturated rings. The lowest BCUT2D eigenvalue weighted by Gasteiger charge is -2.25. The Hall–Kier alpha value is -1.07. The molecule has 0 aliphatic carbocycles. The largest absolute Gasteiger partial charge is 0.294 e. The maximum absolute atomic E-state index is 13.1. The van der Waals surface area contributed by atoms with Crippen LogP contribution in [0, 0.1) is 0 Å². The average molecular weight is 383 g/mol. The standard InChI is InChI=1S/C14H22FNO6S2/c1-23(17,18)21-9-8-16(11-13-6-4-3-5-7-13)12-14(10-15)22-24(2,19)20/h3-7,14H,8-12H2,1-2H3. The van der Waals surface area contributed by atoms with Gasteiger partial charge in [-0.3, -0.25) is 13.3 Å². The van der Waals surface area contributed by atoms with E-state index < -0.39 is 33.0 Å². The number of alkyl halides is 1. The molecule has 0 aromatic heterocycles. The molecule has 0 radical (unpaired) electrons. The first-order chi connectivity index (χ1) is 11.1. The fourth-order valence-electron chi connectivity index (χ4n) is 2.03. The third kappa shape index (κ3) is 9.93. The Morgan fingerprint density at radius 1 is 1.08 bits per heavy atom. The maximum Gasteiger partial charge on any atom is 0.264 e. The Kier molecular flexibility index (Phi) is 8.23. The summed E-state index contributed by atoms with van der Waals surface area (Å²) in [6, 6.07) is 9.22. The van der Waals surface area contributed by atoms with Crippen LogP contribution in [0.4, 0.5) is 4.39 Å². The van der Waals surface area contributed by atoms with Gasteiger partial charge in [-0.15, -0.1) is 0 Å². The van der Waals surface area contributed by atoms with Crippen molar-refractivity contribution in [2.75, 3.05) is 38.9 Å². The van der Waals surface area contributed by atoms with Crippen LogP contribution in [0.3, 0.4) is 0 Å². The zero-order chi connectivity index (χ0) is 18.2. The van der Waals surface area contributed by atoms with Gasteiger partial charge >= 0.3 is 0 Å². The smallest absolute Gasteiger partial charge is 0.264 e. The van der Waals surface area contributed by atoms with Gasteiger partial charge in [-0.2, -0.15) is 16.8 Å². The van der Waals surface area contributed by atoms with E-state index >= 15 is 0 Å². The van der Waals surface area contributed by atoms with Crippen LogP contribution in [0.15, 0.2) is 30.3 Å². The number of nitrogens with zero attached hydrogens (tertiary/aromatic N) is 1. The molecule has 0 aliphatic heterocycles. The number of hydrogen-bond acceptors (Lipinski definition) is 7. The van der Waals surface area contributed by atoms with Crippen molar-refractivity contribution in [2.24, 2.45) is 0 Å². The number of halogens is 1. The molecule has 1 unspecified atom stereocenters. The van der Waals surface area contributed by atoms with Crippen molar-refractivity contribution in [3.05, 3.63) is 35.9 Å². The molecule has 1 aromatic rings. The zero-order valence-corrected chi connectivity index (χ0v) is 15.2. The lowest BCUT2D eigenvalue weighted by Crippen LogP contribution is -2.38. The van der Waals surface area contributed by atoms with E-state index in [1.807, 2.05) is 30.3 Å². The highest BCUT2D eigenvalue weighted by molar-refractivity contribution is 7.86. The minimum absolute atomic E-state index is 0.0222. The highest BCUT2D eigenvalue weighted by Crippen LogP contribution is 2.09. The van der Waals surface area contributed by atoms with Gasteiger partial charge in [0, 0.05) is 19.6 Å². The van der Waals surface area contributed by atoms with Gasteiger partial charge in [-0.25, -0.2) is 4.39 Å². The van der Waals surface area contributed by atoms with E-state index in [0.29, 0.717) is 6.54 Å². The molecular formula is C14H22FNO6S2. The van der Waals surface area contributed by atoms with Crippen LogP contribution >= 0.6 is 0 Å². The third-order valence-corrected chi connectivity index (χ3v) is 4.12. The molecule has 0 aliphatic rings. The lowest BCUT2D eigenvalue weighted by atomic mass is 10.2. The van der Waals surface area contributed by atoms with Gasteiger partial charge in [0.05, 0.1) is 19.1 Å². The Labute approximate surface area is 142 Å². The molecule has 138 valence electrons. The molecule has 0 N–H and O–H groups in total. The van der Waals surface area contributed by atoms with Gasteiger partial charge < -0.3 is 0 Å². The second-order valence-corrected chi connectivity index (χ2v) is 8.57. The first-order valence-electron chi connectivity index (χ1n) is 7.14. The maximum atomic E-state index is 13.1.